The fourth-order valence-corrected chi connectivity index (χ4v) is 2.68. The molecule has 1 atom stereocenters. The van der Waals surface area contributed by atoms with E-state index in [0.717, 1.165) is 10.6 Å². The molecule has 2 rings (SSSR count). The van der Waals surface area contributed by atoms with Crippen LogP contribution < -0.4 is 14.8 Å². The van der Waals surface area contributed by atoms with Gasteiger partial charge in [0.05, 0.1) is 12.8 Å². The minimum absolute atomic E-state index is 0.156. The number of carbonyl (C=O) groups is 1. The lowest BCUT2D eigenvalue weighted by Gasteiger charge is -2.18. The van der Waals surface area contributed by atoms with Crippen molar-refractivity contribution in [1.82, 2.24) is 0 Å². The maximum absolute atomic E-state index is 12.5. The van der Waals surface area contributed by atoms with E-state index in [0.29, 0.717) is 17.9 Å². The predicted octanol–water partition coefficient (Wildman–Crippen LogP) is 4.21. The number of para-hydroxylation sites is 1. The van der Waals surface area contributed by atoms with E-state index in [1.165, 1.54) is 0 Å². The zero-order valence-electron chi connectivity index (χ0n) is 13.5. The molecule has 1 amide bonds. The quantitative estimate of drug-likeness (QED) is 0.772. The van der Waals surface area contributed by atoms with Crippen LogP contribution >= 0.6 is 11.8 Å². The molecule has 0 fully saturated rings. The molecule has 23 heavy (non-hydrogen) atoms. The van der Waals surface area contributed by atoms with Crippen LogP contribution in [0.2, 0.25) is 0 Å². The van der Waals surface area contributed by atoms with Gasteiger partial charge in [0.25, 0.3) is 5.91 Å². The Morgan fingerprint density at radius 3 is 2.61 bits per heavy atom. The summed E-state index contributed by atoms with van der Waals surface area (Å²) in [5.41, 5.74) is 0.803. The van der Waals surface area contributed by atoms with E-state index in [1.54, 1.807) is 24.9 Å². The predicted molar refractivity (Wildman–Crippen MR) is 94.6 cm³/mol. The van der Waals surface area contributed by atoms with Crippen LogP contribution in [0.5, 0.6) is 11.5 Å². The molecule has 4 nitrogen and oxygen atoms in total. The average molecular weight is 331 g/mol. The Labute approximate surface area is 141 Å². The van der Waals surface area contributed by atoms with Crippen molar-refractivity contribution in [3.8, 4) is 11.5 Å². The fraction of sp³-hybridized carbons (Fsp3) is 0.278. The Kier molecular flexibility index (Phi) is 6.35. The van der Waals surface area contributed by atoms with Gasteiger partial charge < -0.3 is 14.8 Å². The fourth-order valence-electron chi connectivity index (χ4n) is 2.12. The molecule has 1 N–H and O–H groups in total. The first-order chi connectivity index (χ1) is 11.2. The molecule has 0 saturated carbocycles. The maximum atomic E-state index is 12.5. The van der Waals surface area contributed by atoms with Crippen molar-refractivity contribution in [3.63, 3.8) is 0 Å². The lowest BCUT2D eigenvalue weighted by molar-refractivity contribution is -0.122. The van der Waals surface area contributed by atoms with E-state index in [2.05, 4.69) is 5.32 Å². The molecule has 2 aromatic rings. The van der Waals surface area contributed by atoms with Crippen molar-refractivity contribution in [2.75, 3.05) is 18.7 Å². The van der Waals surface area contributed by atoms with Gasteiger partial charge in [-0.1, -0.05) is 25.1 Å². The third kappa shape index (κ3) is 4.66. The van der Waals surface area contributed by atoms with Gasteiger partial charge in [-0.25, -0.2) is 0 Å². The van der Waals surface area contributed by atoms with E-state index in [9.17, 15) is 4.79 Å². The molecule has 2 aromatic carbocycles. The Hall–Kier alpha value is -2.14. The Morgan fingerprint density at radius 1 is 1.17 bits per heavy atom. The number of hydrogen-bond donors (Lipinski definition) is 1. The second-order valence-corrected chi connectivity index (χ2v) is 5.73. The van der Waals surface area contributed by atoms with Gasteiger partial charge in [0.1, 0.15) is 11.5 Å². The lowest BCUT2D eigenvalue weighted by Crippen LogP contribution is -2.32. The summed E-state index contributed by atoms with van der Waals surface area (Å²) in [5.74, 6) is 1.16. The number of thioether (sulfide) groups is 1. The monoisotopic (exact) mass is 331 g/mol. The number of benzene rings is 2. The van der Waals surface area contributed by atoms with Crippen molar-refractivity contribution < 1.29 is 14.3 Å². The van der Waals surface area contributed by atoms with Gasteiger partial charge in [-0.15, -0.1) is 11.8 Å². The van der Waals surface area contributed by atoms with Crippen molar-refractivity contribution in [2.24, 2.45) is 0 Å². The minimum Gasteiger partial charge on any atom is -0.497 e. The average Bonchev–Trinajstić information content (AvgIpc) is 2.60. The topological polar surface area (TPSA) is 47.6 Å². The molecule has 0 saturated heterocycles. The SMILES string of the molecule is CCC(Oc1cccc(OC)c1)C(=O)Nc1ccccc1SC. The van der Waals surface area contributed by atoms with E-state index in [1.807, 2.05) is 55.6 Å². The highest BCUT2D eigenvalue weighted by atomic mass is 32.2. The highest BCUT2D eigenvalue weighted by Gasteiger charge is 2.19. The lowest BCUT2D eigenvalue weighted by atomic mass is 10.2. The summed E-state index contributed by atoms with van der Waals surface area (Å²) in [6.07, 6.45) is 2.00. The number of amides is 1. The minimum atomic E-state index is -0.558. The van der Waals surface area contributed by atoms with Crippen LogP contribution in [0.1, 0.15) is 13.3 Å². The number of hydrogen-bond acceptors (Lipinski definition) is 4. The Morgan fingerprint density at radius 2 is 1.91 bits per heavy atom. The second-order valence-electron chi connectivity index (χ2n) is 4.88. The van der Waals surface area contributed by atoms with Crippen LogP contribution in [0.4, 0.5) is 5.69 Å². The van der Waals surface area contributed by atoms with Crippen LogP contribution in [-0.4, -0.2) is 25.4 Å². The van der Waals surface area contributed by atoms with Crippen molar-refractivity contribution in [2.45, 2.75) is 24.3 Å². The molecule has 0 radical (unpaired) electrons. The summed E-state index contributed by atoms with van der Waals surface area (Å²) in [6, 6.07) is 15.0. The van der Waals surface area contributed by atoms with Crippen LogP contribution in [0.25, 0.3) is 0 Å². The van der Waals surface area contributed by atoms with Crippen LogP contribution in [-0.2, 0) is 4.79 Å². The molecule has 0 bridgehead atoms. The van der Waals surface area contributed by atoms with E-state index < -0.39 is 6.10 Å². The first-order valence-electron chi connectivity index (χ1n) is 7.42. The van der Waals surface area contributed by atoms with Gasteiger partial charge in [0.15, 0.2) is 6.10 Å². The van der Waals surface area contributed by atoms with Gasteiger partial charge in [-0.3, -0.25) is 4.79 Å². The zero-order chi connectivity index (χ0) is 16.7. The van der Waals surface area contributed by atoms with Gasteiger partial charge in [0.2, 0.25) is 0 Å². The molecule has 0 aliphatic carbocycles. The van der Waals surface area contributed by atoms with Gasteiger partial charge in [-0.05, 0) is 36.9 Å². The number of nitrogens with one attached hydrogen (secondary N) is 1. The Bertz CT molecular complexity index is 660. The summed E-state index contributed by atoms with van der Waals surface area (Å²) in [5, 5.41) is 2.95. The van der Waals surface area contributed by atoms with Crippen LogP contribution in [0.3, 0.4) is 0 Å². The Balaban J connectivity index is 2.09. The van der Waals surface area contributed by atoms with Crippen LogP contribution in [0.15, 0.2) is 53.4 Å². The molecule has 0 aromatic heterocycles. The molecule has 122 valence electrons. The number of rotatable bonds is 7. The molecule has 0 heterocycles. The van der Waals surface area contributed by atoms with E-state index in [-0.39, 0.29) is 5.91 Å². The van der Waals surface area contributed by atoms with Crippen molar-refractivity contribution in [3.05, 3.63) is 48.5 Å². The van der Waals surface area contributed by atoms with Gasteiger partial charge >= 0.3 is 0 Å². The third-order valence-electron chi connectivity index (χ3n) is 3.35. The smallest absolute Gasteiger partial charge is 0.265 e. The third-order valence-corrected chi connectivity index (χ3v) is 4.14. The standard InChI is InChI=1S/C18H21NO3S/c1-4-16(22-14-9-7-8-13(12-14)21-2)18(20)19-15-10-5-6-11-17(15)23-3/h5-12,16H,4H2,1-3H3,(H,19,20). The van der Waals surface area contributed by atoms with Gasteiger partial charge in [0, 0.05) is 11.0 Å². The van der Waals surface area contributed by atoms with Gasteiger partial charge in [-0.2, -0.15) is 0 Å². The molecular weight excluding hydrogens is 310 g/mol. The number of anilines is 1. The molecule has 1 unspecified atom stereocenters. The zero-order valence-corrected chi connectivity index (χ0v) is 14.4. The molecular formula is C18H21NO3S. The summed E-state index contributed by atoms with van der Waals surface area (Å²) in [6.45, 7) is 1.92. The summed E-state index contributed by atoms with van der Waals surface area (Å²) in [7, 11) is 1.60. The van der Waals surface area contributed by atoms with E-state index in [4.69, 9.17) is 9.47 Å². The summed E-state index contributed by atoms with van der Waals surface area (Å²) in [4.78, 5) is 13.5. The molecule has 0 aliphatic heterocycles. The van der Waals surface area contributed by atoms with E-state index >= 15 is 0 Å². The first kappa shape index (κ1) is 17.2. The molecule has 0 spiro atoms. The summed E-state index contributed by atoms with van der Waals surface area (Å²) < 4.78 is 11.0. The number of methoxy groups -OCH3 is 1. The van der Waals surface area contributed by atoms with Crippen molar-refractivity contribution >= 4 is 23.4 Å². The molecule has 5 heteroatoms. The highest BCUT2D eigenvalue weighted by Crippen LogP contribution is 2.25. The first-order valence-corrected chi connectivity index (χ1v) is 8.65. The summed E-state index contributed by atoms with van der Waals surface area (Å²) >= 11 is 1.59. The van der Waals surface area contributed by atoms with Crippen molar-refractivity contribution in [1.29, 1.82) is 0 Å². The highest BCUT2D eigenvalue weighted by molar-refractivity contribution is 7.98. The number of carbonyl (C=O) groups excluding carboxylic acids is 1. The second kappa shape index (κ2) is 8.48. The largest absolute Gasteiger partial charge is 0.497 e. The van der Waals surface area contributed by atoms with Crippen LogP contribution in [0, 0.1) is 0 Å². The normalized spacial score (nSPS) is 11.6. The molecule has 0 aliphatic rings. The maximum Gasteiger partial charge on any atom is 0.265 e. The number of ether oxygens (including phenoxy) is 2.